The first-order chi connectivity index (χ1) is 14.2. The second-order valence-corrected chi connectivity index (χ2v) is 6.45. The van der Waals surface area contributed by atoms with E-state index in [1.165, 1.54) is 12.1 Å². The second kappa shape index (κ2) is 10.3. The Balaban J connectivity index is 1.59. The van der Waals surface area contributed by atoms with E-state index in [0.717, 1.165) is 0 Å². The van der Waals surface area contributed by atoms with Crippen molar-refractivity contribution < 1.29 is 18.7 Å². The van der Waals surface area contributed by atoms with E-state index >= 15 is 0 Å². The number of hydrogen-bond donors (Lipinski definition) is 0. The van der Waals surface area contributed by atoms with E-state index in [4.69, 9.17) is 9.47 Å². The average Bonchev–Trinajstić information content (AvgIpc) is 2.76. The predicted molar refractivity (Wildman–Crippen MR) is 111 cm³/mol. The number of benzene rings is 3. The number of nitrogens with zero attached hydrogens (tertiary/aromatic N) is 1. The topological polar surface area (TPSA) is 38.8 Å². The van der Waals surface area contributed by atoms with Gasteiger partial charge in [-0.15, -0.1) is 0 Å². The molecule has 0 N–H and O–H groups in total. The molecule has 0 unspecified atom stereocenters. The molecule has 4 nitrogen and oxygen atoms in total. The summed E-state index contributed by atoms with van der Waals surface area (Å²) in [7, 11) is 0. The van der Waals surface area contributed by atoms with Crippen molar-refractivity contribution in [2.24, 2.45) is 0 Å². The Morgan fingerprint density at radius 3 is 2.31 bits per heavy atom. The molecule has 3 rings (SSSR count). The zero-order valence-electron chi connectivity index (χ0n) is 16.4. The molecule has 3 aromatic rings. The van der Waals surface area contributed by atoms with Crippen molar-refractivity contribution in [3.63, 3.8) is 0 Å². The van der Waals surface area contributed by atoms with E-state index in [2.05, 4.69) is 0 Å². The third kappa shape index (κ3) is 5.82. The summed E-state index contributed by atoms with van der Waals surface area (Å²) in [6, 6.07) is 22.6. The van der Waals surface area contributed by atoms with E-state index in [0.29, 0.717) is 48.9 Å². The van der Waals surface area contributed by atoms with Crippen LogP contribution in [0.5, 0.6) is 17.2 Å². The zero-order chi connectivity index (χ0) is 20.5. The molecule has 0 bridgehead atoms. The van der Waals surface area contributed by atoms with Crippen molar-refractivity contribution in [2.45, 2.75) is 13.3 Å². The minimum absolute atomic E-state index is 0.0826. The third-order valence-corrected chi connectivity index (χ3v) is 4.41. The first-order valence-corrected chi connectivity index (χ1v) is 9.67. The first kappa shape index (κ1) is 20.4. The number of halogens is 1. The third-order valence-electron chi connectivity index (χ3n) is 4.41. The summed E-state index contributed by atoms with van der Waals surface area (Å²) in [5.41, 5.74) is 0.526. The summed E-state index contributed by atoms with van der Waals surface area (Å²) in [5.74, 6) is 1.45. The van der Waals surface area contributed by atoms with Crippen LogP contribution in [0.2, 0.25) is 0 Å². The van der Waals surface area contributed by atoms with Crippen LogP contribution in [0.3, 0.4) is 0 Å². The van der Waals surface area contributed by atoms with Gasteiger partial charge in [-0.3, -0.25) is 4.79 Å². The lowest BCUT2D eigenvalue weighted by atomic mass is 10.1. The molecule has 0 aliphatic rings. The normalized spacial score (nSPS) is 10.4. The zero-order valence-corrected chi connectivity index (χ0v) is 16.4. The molecule has 0 spiro atoms. The van der Waals surface area contributed by atoms with Crippen LogP contribution in [0, 0.1) is 5.82 Å². The molecule has 0 heterocycles. The monoisotopic (exact) mass is 393 g/mol. The molecule has 3 aromatic carbocycles. The fourth-order valence-electron chi connectivity index (χ4n) is 2.90. The summed E-state index contributed by atoms with van der Waals surface area (Å²) in [4.78, 5) is 14.8. The van der Waals surface area contributed by atoms with Crippen LogP contribution in [0.15, 0.2) is 78.9 Å². The molecular formula is C24H24FNO3. The van der Waals surface area contributed by atoms with E-state index < -0.39 is 0 Å². The van der Waals surface area contributed by atoms with Gasteiger partial charge in [0.25, 0.3) is 5.91 Å². The standard InChI is InChI=1S/C24H24FNO3/c1-2-26(17-8-18-28-20-15-13-19(25)14-16-20)24(27)22-11-6-7-12-23(22)29-21-9-4-3-5-10-21/h3-7,9-16H,2,8,17-18H2,1H3. The Bertz CT molecular complexity index is 913. The number of carbonyl (C=O) groups is 1. The lowest BCUT2D eigenvalue weighted by Gasteiger charge is -2.22. The van der Waals surface area contributed by atoms with Gasteiger partial charge in [-0.05, 0) is 61.9 Å². The molecule has 0 saturated heterocycles. The number of para-hydroxylation sites is 2. The molecule has 0 aliphatic heterocycles. The van der Waals surface area contributed by atoms with Crippen LogP contribution < -0.4 is 9.47 Å². The van der Waals surface area contributed by atoms with Crippen LogP contribution in [0.25, 0.3) is 0 Å². The number of carbonyl (C=O) groups excluding carboxylic acids is 1. The lowest BCUT2D eigenvalue weighted by molar-refractivity contribution is 0.0753. The van der Waals surface area contributed by atoms with Crippen molar-refractivity contribution in [1.29, 1.82) is 0 Å². The van der Waals surface area contributed by atoms with E-state index in [9.17, 15) is 9.18 Å². The molecule has 0 atom stereocenters. The van der Waals surface area contributed by atoms with Gasteiger partial charge < -0.3 is 14.4 Å². The molecule has 0 aliphatic carbocycles. The predicted octanol–water partition coefficient (Wildman–Crippen LogP) is 5.55. The van der Waals surface area contributed by atoms with Crippen molar-refractivity contribution in [3.05, 3.63) is 90.2 Å². The SMILES string of the molecule is CCN(CCCOc1ccc(F)cc1)C(=O)c1ccccc1Oc1ccccc1. The molecule has 29 heavy (non-hydrogen) atoms. The summed E-state index contributed by atoms with van der Waals surface area (Å²) >= 11 is 0. The van der Waals surface area contributed by atoms with Crippen molar-refractivity contribution in [1.82, 2.24) is 4.90 Å². The largest absolute Gasteiger partial charge is 0.494 e. The van der Waals surface area contributed by atoms with Gasteiger partial charge in [-0.1, -0.05) is 30.3 Å². The maximum atomic E-state index is 13.1. The molecule has 1 amide bonds. The van der Waals surface area contributed by atoms with E-state index in [1.807, 2.05) is 49.4 Å². The van der Waals surface area contributed by atoms with Gasteiger partial charge in [-0.2, -0.15) is 0 Å². The Morgan fingerprint density at radius 2 is 1.59 bits per heavy atom. The molecular weight excluding hydrogens is 369 g/mol. The number of ether oxygens (including phenoxy) is 2. The molecule has 0 fully saturated rings. The van der Waals surface area contributed by atoms with Crippen LogP contribution >= 0.6 is 0 Å². The maximum absolute atomic E-state index is 13.1. The van der Waals surface area contributed by atoms with Crippen molar-refractivity contribution in [2.75, 3.05) is 19.7 Å². The average molecular weight is 393 g/mol. The molecule has 0 saturated carbocycles. The summed E-state index contributed by atoms with van der Waals surface area (Å²) < 4.78 is 24.5. The molecule has 0 radical (unpaired) electrons. The molecule has 150 valence electrons. The summed E-state index contributed by atoms with van der Waals surface area (Å²) in [5, 5.41) is 0. The highest BCUT2D eigenvalue weighted by Gasteiger charge is 2.18. The maximum Gasteiger partial charge on any atom is 0.257 e. The van der Waals surface area contributed by atoms with Gasteiger partial charge in [-0.25, -0.2) is 4.39 Å². The number of amides is 1. The van der Waals surface area contributed by atoms with Crippen LogP contribution in [0.1, 0.15) is 23.7 Å². The number of rotatable bonds is 9. The Hall–Kier alpha value is -3.34. The van der Waals surface area contributed by atoms with E-state index in [-0.39, 0.29) is 11.7 Å². The van der Waals surface area contributed by atoms with Crippen molar-refractivity contribution in [3.8, 4) is 17.2 Å². The van der Waals surface area contributed by atoms with Gasteiger partial charge in [0.05, 0.1) is 12.2 Å². The van der Waals surface area contributed by atoms with Gasteiger partial charge in [0.1, 0.15) is 23.1 Å². The second-order valence-electron chi connectivity index (χ2n) is 6.45. The highest BCUT2D eigenvalue weighted by molar-refractivity contribution is 5.97. The quantitative estimate of drug-likeness (QED) is 0.448. The highest BCUT2D eigenvalue weighted by atomic mass is 19.1. The Labute approximate surface area is 170 Å². The minimum Gasteiger partial charge on any atom is -0.494 e. The highest BCUT2D eigenvalue weighted by Crippen LogP contribution is 2.26. The van der Waals surface area contributed by atoms with Crippen molar-refractivity contribution >= 4 is 5.91 Å². The summed E-state index contributed by atoms with van der Waals surface area (Å²) in [6.45, 7) is 3.52. The molecule has 0 aromatic heterocycles. The Morgan fingerprint density at radius 1 is 0.897 bits per heavy atom. The number of hydrogen-bond acceptors (Lipinski definition) is 3. The summed E-state index contributed by atoms with van der Waals surface area (Å²) in [6.07, 6.45) is 0.665. The molecule has 5 heteroatoms. The van der Waals surface area contributed by atoms with Gasteiger partial charge >= 0.3 is 0 Å². The van der Waals surface area contributed by atoms with Gasteiger partial charge in [0.2, 0.25) is 0 Å². The van der Waals surface area contributed by atoms with Gasteiger partial charge in [0, 0.05) is 13.1 Å². The lowest BCUT2D eigenvalue weighted by Crippen LogP contribution is -2.32. The van der Waals surface area contributed by atoms with Crippen LogP contribution in [-0.4, -0.2) is 30.5 Å². The fourth-order valence-corrected chi connectivity index (χ4v) is 2.90. The van der Waals surface area contributed by atoms with E-state index in [1.54, 1.807) is 29.2 Å². The fraction of sp³-hybridized carbons (Fsp3) is 0.208. The minimum atomic E-state index is -0.295. The van der Waals surface area contributed by atoms with Crippen LogP contribution in [0.4, 0.5) is 4.39 Å². The smallest absolute Gasteiger partial charge is 0.257 e. The Kier molecular flexibility index (Phi) is 7.22. The first-order valence-electron chi connectivity index (χ1n) is 9.67. The van der Waals surface area contributed by atoms with Gasteiger partial charge in [0.15, 0.2) is 0 Å². The van der Waals surface area contributed by atoms with Crippen LogP contribution in [-0.2, 0) is 0 Å².